The quantitative estimate of drug-likeness (QED) is 0.0515. The number of carboxylic acids is 1. The highest BCUT2D eigenvalue weighted by Crippen LogP contribution is 2.42. The summed E-state index contributed by atoms with van der Waals surface area (Å²) in [5.74, 6) is -0.705. The summed E-state index contributed by atoms with van der Waals surface area (Å²) in [4.78, 5) is 75.6. The second-order valence-electron chi connectivity index (χ2n) is 17.3. The number of hydrogen-bond donors (Lipinski definition) is 4. The number of aryl methyl sites for hydroxylation is 4. The molecule has 18 heteroatoms. The Morgan fingerprint density at radius 1 is 0.942 bits per heavy atom. The van der Waals surface area contributed by atoms with Crippen LogP contribution in [0.25, 0.3) is 43.8 Å². The largest absolute Gasteiger partial charge is 0.493 e. The van der Waals surface area contributed by atoms with Crippen molar-refractivity contribution in [2.75, 3.05) is 53.0 Å². The van der Waals surface area contributed by atoms with Gasteiger partial charge in [0.05, 0.1) is 33.9 Å². The van der Waals surface area contributed by atoms with E-state index >= 15 is 0 Å². The SMILES string of the molecule is CNC(=O)C(CCC=O)NC(=O)c1cc(OCC(=O)N2CCN(CCn3c(C(=O)O)c(CCCOc4cccc5ccccc45)c4ccc(Cl)c(-c5c(C)nn(C)c5C)c43)CC2)cc2[nH]c(C)nc12. The average Bonchev–Trinajstić information content (AvgIpc) is 3.97. The molecule has 1 fully saturated rings. The number of amides is 3. The summed E-state index contributed by atoms with van der Waals surface area (Å²) in [5.41, 5.74) is 5.98. The molecule has 4 heterocycles. The molecule has 0 bridgehead atoms. The molecule has 1 aliphatic heterocycles. The molecule has 1 unspecified atom stereocenters. The van der Waals surface area contributed by atoms with E-state index in [1.807, 2.05) is 84.7 Å². The molecule has 0 spiro atoms. The highest BCUT2D eigenvalue weighted by molar-refractivity contribution is 6.35. The first kappa shape index (κ1) is 48.2. The van der Waals surface area contributed by atoms with Crippen LogP contribution < -0.4 is 20.1 Å². The number of carbonyl (C=O) groups excluding carboxylic acids is 4. The van der Waals surface area contributed by atoms with Gasteiger partial charge in [-0.25, -0.2) is 9.78 Å². The van der Waals surface area contributed by atoms with E-state index in [2.05, 4.69) is 30.6 Å². The lowest BCUT2D eigenvalue weighted by molar-refractivity contribution is -0.135. The van der Waals surface area contributed by atoms with E-state index in [4.69, 9.17) is 21.1 Å². The maximum atomic E-state index is 13.6. The fourth-order valence-corrected chi connectivity index (χ4v) is 9.67. The number of carbonyl (C=O) groups is 5. The van der Waals surface area contributed by atoms with Gasteiger partial charge < -0.3 is 44.5 Å². The third-order valence-corrected chi connectivity index (χ3v) is 13.2. The highest BCUT2D eigenvalue weighted by atomic mass is 35.5. The number of nitrogens with one attached hydrogen (secondary N) is 3. The second kappa shape index (κ2) is 21.0. The molecule has 1 atom stereocenters. The van der Waals surface area contributed by atoms with Gasteiger partial charge in [-0.05, 0) is 69.2 Å². The van der Waals surface area contributed by atoms with Crippen LogP contribution in [0.1, 0.15) is 62.9 Å². The summed E-state index contributed by atoms with van der Waals surface area (Å²) in [7, 11) is 3.33. The minimum absolute atomic E-state index is 0.0826. The lowest BCUT2D eigenvalue weighted by Gasteiger charge is -2.34. The van der Waals surface area contributed by atoms with E-state index < -0.39 is 23.8 Å². The minimum Gasteiger partial charge on any atom is -0.493 e. The standard InChI is InChI=1S/C51H56ClN9O8/c1-30-44(31(2)58(5)57-30)45-39(52)18-17-37-36(14-10-26-68-42-16-8-12-33-11-6-7-13-35(33)42)48(51(66)67)61(47(37)45)24-21-59-19-22-60(23-20-59)43(63)29-69-34-27-38(46-41(28-34)54-32(3)55-46)49(64)56-40(15-9-25-62)50(65)53-4/h6-8,11-13,16-18,25,27-28,40H,9-10,14-15,19-24,26,29H2,1-5H3,(H,53,65)(H,54,55)(H,56,64)(H,66,67). The summed E-state index contributed by atoms with van der Waals surface area (Å²) in [6, 6.07) is 20.0. The van der Waals surface area contributed by atoms with Gasteiger partial charge in [-0.3, -0.25) is 24.0 Å². The van der Waals surface area contributed by atoms with E-state index in [1.54, 1.807) is 17.9 Å². The van der Waals surface area contributed by atoms with Crippen LogP contribution in [0.4, 0.5) is 0 Å². The maximum Gasteiger partial charge on any atom is 0.352 e. The fraction of sp³-hybridized carbons (Fsp3) is 0.353. The van der Waals surface area contributed by atoms with Crippen LogP contribution in [-0.4, -0.2) is 128 Å². The first-order valence-electron chi connectivity index (χ1n) is 23.0. The van der Waals surface area contributed by atoms with Crippen molar-refractivity contribution in [3.8, 4) is 22.6 Å². The molecule has 0 saturated carbocycles. The molecule has 3 aromatic heterocycles. The molecule has 7 aromatic rings. The second-order valence-corrected chi connectivity index (χ2v) is 17.7. The Morgan fingerprint density at radius 3 is 2.43 bits per heavy atom. The number of likely N-dealkylation sites (N-methyl/N-ethyl adjacent to an activating group) is 1. The van der Waals surface area contributed by atoms with Gasteiger partial charge in [-0.2, -0.15) is 5.10 Å². The molecule has 4 N–H and O–H groups in total. The molecule has 17 nitrogen and oxygen atoms in total. The zero-order valence-electron chi connectivity index (χ0n) is 39.4. The summed E-state index contributed by atoms with van der Waals surface area (Å²) < 4.78 is 16.0. The Balaban J connectivity index is 0.970. The molecule has 1 aliphatic rings. The number of hydrogen-bond acceptors (Lipinski definition) is 10. The predicted octanol–water partition coefficient (Wildman–Crippen LogP) is 6.41. The van der Waals surface area contributed by atoms with Crippen LogP contribution in [0, 0.1) is 20.8 Å². The molecule has 1 saturated heterocycles. The smallest absolute Gasteiger partial charge is 0.352 e. The molecule has 0 radical (unpaired) electrons. The number of carboxylic acid groups (broad SMARTS) is 1. The monoisotopic (exact) mass is 957 g/mol. The Bertz CT molecular complexity index is 3090. The number of nitrogens with zero attached hydrogens (tertiary/aromatic N) is 6. The van der Waals surface area contributed by atoms with Gasteiger partial charge >= 0.3 is 5.97 Å². The Hall–Kier alpha value is -7.24. The number of rotatable bonds is 19. The number of imidazole rings is 1. The van der Waals surface area contributed by atoms with Crippen molar-refractivity contribution in [1.82, 2.24) is 44.7 Å². The Morgan fingerprint density at radius 2 is 1.71 bits per heavy atom. The van der Waals surface area contributed by atoms with Crippen molar-refractivity contribution in [2.45, 2.75) is 59.0 Å². The van der Waals surface area contributed by atoms with E-state index in [0.717, 1.165) is 49.9 Å². The van der Waals surface area contributed by atoms with Gasteiger partial charge in [-0.1, -0.05) is 54.1 Å². The van der Waals surface area contributed by atoms with Crippen LogP contribution >= 0.6 is 11.6 Å². The van der Waals surface area contributed by atoms with Gasteiger partial charge in [0.1, 0.15) is 40.9 Å². The molecule has 69 heavy (non-hydrogen) atoms. The zero-order valence-corrected chi connectivity index (χ0v) is 40.1. The molecule has 4 aromatic carbocycles. The van der Waals surface area contributed by atoms with Gasteiger partial charge in [0, 0.05) is 93.4 Å². The number of halogens is 1. The topological polar surface area (TPSA) is 206 Å². The van der Waals surface area contributed by atoms with E-state index in [1.165, 1.54) is 13.1 Å². The van der Waals surface area contributed by atoms with Crippen LogP contribution in [0.3, 0.4) is 0 Å². The van der Waals surface area contributed by atoms with Gasteiger partial charge in [0.25, 0.3) is 11.8 Å². The van der Waals surface area contributed by atoms with Crippen molar-refractivity contribution < 1.29 is 38.6 Å². The Labute approximate surface area is 403 Å². The maximum absolute atomic E-state index is 13.6. The van der Waals surface area contributed by atoms with Crippen molar-refractivity contribution in [3.05, 3.63) is 106 Å². The van der Waals surface area contributed by atoms with E-state index in [0.29, 0.717) is 92.4 Å². The number of aromatic nitrogens is 5. The van der Waals surface area contributed by atoms with E-state index in [-0.39, 0.29) is 42.4 Å². The van der Waals surface area contributed by atoms with Crippen molar-refractivity contribution in [3.63, 3.8) is 0 Å². The summed E-state index contributed by atoms with van der Waals surface area (Å²) in [5, 5.41) is 24.3. The van der Waals surface area contributed by atoms with Crippen LogP contribution in [-0.2, 0) is 34.4 Å². The van der Waals surface area contributed by atoms with Crippen molar-refractivity contribution in [2.24, 2.45) is 7.05 Å². The van der Waals surface area contributed by atoms with Gasteiger partial charge in [-0.15, -0.1) is 0 Å². The number of H-pyrrole nitrogens is 1. The first-order chi connectivity index (χ1) is 33.3. The number of aromatic amines is 1. The number of piperazine rings is 1. The zero-order chi connectivity index (χ0) is 48.9. The van der Waals surface area contributed by atoms with Gasteiger partial charge in [0.2, 0.25) is 5.91 Å². The molecule has 8 rings (SSSR count). The number of aromatic carboxylic acids is 1. The molecule has 3 amide bonds. The minimum atomic E-state index is -1.04. The molecular weight excluding hydrogens is 902 g/mol. The summed E-state index contributed by atoms with van der Waals surface area (Å²) in [6.45, 7) is 8.53. The lowest BCUT2D eigenvalue weighted by Crippen LogP contribution is -2.50. The predicted molar refractivity (Wildman–Crippen MR) is 263 cm³/mol. The molecule has 360 valence electrons. The fourth-order valence-electron chi connectivity index (χ4n) is 9.42. The van der Waals surface area contributed by atoms with Gasteiger partial charge in [0.15, 0.2) is 6.61 Å². The van der Waals surface area contributed by atoms with E-state index in [9.17, 15) is 29.1 Å². The Kier molecular flexibility index (Phi) is 14.6. The summed E-state index contributed by atoms with van der Waals surface area (Å²) in [6.07, 6.45) is 1.91. The van der Waals surface area contributed by atoms with Crippen LogP contribution in [0.15, 0.2) is 66.7 Å². The summed E-state index contributed by atoms with van der Waals surface area (Å²) >= 11 is 7.08. The lowest BCUT2D eigenvalue weighted by atomic mass is 9.98. The third-order valence-electron chi connectivity index (χ3n) is 12.9. The van der Waals surface area contributed by atoms with Crippen molar-refractivity contribution >= 4 is 74.3 Å². The number of aldehydes is 1. The third kappa shape index (κ3) is 10.2. The normalized spacial score (nSPS) is 13.5. The molecular formula is C51H56ClN9O8. The highest BCUT2D eigenvalue weighted by Gasteiger charge is 2.30. The number of ether oxygens (including phenoxy) is 2. The number of fused-ring (bicyclic) bond motifs is 3. The van der Waals surface area contributed by atoms with Crippen molar-refractivity contribution in [1.29, 1.82) is 0 Å². The van der Waals surface area contributed by atoms with Crippen LogP contribution in [0.5, 0.6) is 11.5 Å². The average molecular weight is 959 g/mol. The number of benzene rings is 4. The first-order valence-corrected chi connectivity index (χ1v) is 23.4. The molecule has 0 aliphatic carbocycles. The van der Waals surface area contributed by atoms with Crippen LogP contribution in [0.2, 0.25) is 5.02 Å².